The standard InChI is InChI=1S/C32H29F3N4O3/c1-2-17-38-26-20-39(25(18-21-11-5-3-6-12-21)29(40)36-19-22-13-7-4-8-14-22)30(41)27(26)28(37-31(38)42)23-15-9-10-16-24(23)32(33,34)35/h2-16,25,28H,1,17-20H2,(H,36,40)(H,37,42)/t25-,28+/m1/s1. The zero-order valence-electron chi connectivity index (χ0n) is 22.6. The van der Waals surface area contributed by atoms with Crippen molar-refractivity contribution in [3.8, 4) is 0 Å². The summed E-state index contributed by atoms with van der Waals surface area (Å²) in [5, 5.41) is 5.50. The van der Waals surface area contributed by atoms with Crippen molar-refractivity contribution in [1.29, 1.82) is 0 Å². The quantitative estimate of drug-likeness (QED) is 0.354. The number of carbonyl (C=O) groups excluding carboxylic acids is 3. The summed E-state index contributed by atoms with van der Waals surface area (Å²) in [6.45, 7) is 3.81. The van der Waals surface area contributed by atoms with E-state index in [9.17, 15) is 27.6 Å². The SMILES string of the molecule is C=CCN1C(=O)N[C@@H](c2ccccc2C(F)(F)F)C2=C1CN([C@H](Cc1ccccc1)C(=O)NCc1ccccc1)C2=O. The second-order valence-electron chi connectivity index (χ2n) is 10.1. The van der Waals surface area contributed by atoms with Gasteiger partial charge in [0.05, 0.1) is 29.4 Å². The number of alkyl halides is 3. The molecule has 0 aromatic heterocycles. The highest BCUT2D eigenvalue weighted by Gasteiger charge is 2.48. The third-order valence-corrected chi connectivity index (χ3v) is 7.40. The van der Waals surface area contributed by atoms with Crippen LogP contribution in [-0.2, 0) is 28.7 Å². The minimum absolute atomic E-state index is 0.00192. The zero-order valence-corrected chi connectivity index (χ0v) is 22.6. The molecule has 216 valence electrons. The van der Waals surface area contributed by atoms with Gasteiger partial charge in [-0.1, -0.05) is 84.9 Å². The molecule has 0 fully saturated rings. The first-order valence-electron chi connectivity index (χ1n) is 13.4. The lowest BCUT2D eigenvalue weighted by Crippen LogP contribution is -2.49. The van der Waals surface area contributed by atoms with Gasteiger partial charge in [-0.25, -0.2) is 4.79 Å². The highest BCUT2D eigenvalue weighted by atomic mass is 19.4. The largest absolute Gasteiger partial charge is 0.416 e. The molecular weight excluding hydrogens is 545 g/mol. The highest BCUT2D eigenvalue weighted by Crippen LogP contribution is 2.42. The molecule has 0 spiro atoms. The molecular formula is C32H29F3N4O3. The van der Waals surface area contributed by atoms with Gasteiger partial charge in [0.15, 0.2) is 0 Å². The lowest BCUT2D eigenvalue weighted by atomic mass is 9.91. The van der Waals surface area contributed by atoms with Crippen LogP contribution in [-0.4, -0.2) is 46.8 Å². The maximum absolute atomic E-state index is 14.2. The normalized spacial score (nSPS) is 17.5. The first kappa shape index (κ1) is 28.7. The summed E-state index contributed by atoms with van der Waals surface area (Å²) in [6.07, 6.45) is -3.08. The molecule has 0 radical (unpaired) electrons. The van der Waals surface area contributed by atoms with Gasteiger partial charge in [0, 0.05) is 19.5 Å². The van der Waals surface area contributed by atoms with E-state index in [1.807, 2.05) is 60.7 Å². The fraction of sp³-hybridized carbons (Fsp3) is 0.219. The summed E-state index contributed by atoms with van der Waals surface area (Å²) in [5.74, 6) is -1.03. The van der Waals surface area contributed by atoms with E-state index in [2.05, 4.69) is 17.2 Å². The number of nitrogens with zero attached hydrogens (tertiary/aromatic N) is 2. The van der Waals surface area contributed by atoms with Crippen LogP contribution in [0.5, 0.6) is 0 Å². The minimum atomic E-state index is -4.71. The summed E-state index contributed by atoms with van der Waals surface area (Å²) < 4.78 is 42.0. The van der Waals surface area contributed by atoms with E-state index in [0.717, 1.165) is 17.2 Å². The van der Waals surface area contributed by atoms with Crippen LogP contribution in [0.1, 0.15) is 28.3 Å². The van der Waals surface area contributed by atoms with E-state index in [1.165, 1.54) is 34.1 Å². The number of benzene rings is 3. The van der Waals surface area contributed by atoms with Gasteiger partial charge in [0.2, 0.25) is 5.91 Å². The first-order valence-corrected chi connectivity index (χ1v) is 13.4. The third-order valence-electron chi connectivity index (χ3n) is 7.40. The van der Waals surface area contributed by atoms with Crippen molar-refractivity contribution in [3.05, 3.63) is 131 Å². The molecule has 0 bridgehead atoms. The Morgan fingerprint density at radius 1 is 0.976 bits per heavy atom. The molecule has 2 aliphatic rings. The number of rotatable bonds is 9. The Hall–Kier alpha value is -4.86. The Balaban J connectivity index is 1.53. The number of amides is 4. The molecule has 0 aliphatic carbocycles. The molecule has 5 rings (SSSR count). The van der Waals surface area contributed by atoms with Crippen molar-refractivity contribution in [2.75, 3.05) is 13.1 Å². The lowest BCUT2D eigenvalue weighted by Gasteiger charge is -2.33. The summed E-state index contributed by atoms with van der Waals surface area (Å²) in [7, 11) is 0. The Labute approximate surface area is 241 Å². The molecule has 4 amide bonds. The first-order chi connectivity index (χ1) is 20.2. The second-order valence-corrected chi connectivity index (χ2v) is 10.1. The van der Waals surface area contributed by atoms with E-state index >= 15 is 0 Å². The van der Waals surface area contributed by atoms with Gasteiger partial charge in [-0.3, -0.25) is 14.5 Å². The number of carbonyl (C=O) groups is 3. The second kappa shape index (κ2) is 11.9. The Bertz CT molecular complexity index is 1520. The number of hydrogen-bond acceptors (Lipinski definition) is 3. The molecule has 0 saturated carbocycles. The van der Waals surface area contributed by atoms with Crippen molar-refractivity contribution in [3.63, 3.8) is 0 Å². The molecule has 0 unspecified atom stereocenters. The predicted octanol–water partition coefficient (Wildman–Crippen LogP) is 4.98. The average molecular weight is 575 g/mol. The van der Waals surface area contributed by atoms with E-state index < -0.39 is 41.7 Å². The smallest absolute Gasteiger partial charge is 0.350 e. The summed E-state index contributed by atoms with van der Waals surface area (Å²) >= 11 is 0. The fourth-order valence-corrected chi connectivity index (χ4v) is 5.41. The van der Waals surface area contributed by atoms with Crippen LogP contribution in [0.25, 0.3) is 0 Å². The topological polar surface area (TPSA) is 81.8 Å². The molecule has 3 aromatic rings. The van der Waals surface area contributed by atoms with Crippen molar-refractivity contribution in [2.24, 2.45) is 0 Å². The fourth-order valence-electron chi connectivity index (χ4n) is 5.41. The van der Waals surface area contributed by atoms with E-state index in [4.69, 9.17) is 0 Å². The molecule has 7 nitrogen and oxygen atoms in total. The van der Waals surface area contributed by atoms with Gasteiger partial charge in [-0.05, 0) is 22.8 Å². The van der Waals surface area contributed by atoms with Crippen LogP contribution in [0.2, 0.25) is 0 Å². The third kappa shape index (κ3) is 5.79. The Morgan fingerprint density at radius 2 is 1.60 bits per heavy atom. The van der Waals surface area contributed by atoms with Gasteiger partial charge in [-0.2, -0.15) is 13.2 Å². The average Bonchev–Trinajstić information content (AvgIpc) is 3.33. The van der Waals surface area contributed by atoms with Crippen LogP contribution < -0.4 is 10.6 Å². The van der Waals surface area contributed by atoms with Gasteiger partial charge < -0.3 is 15.5 Å². The monoisotopic (exact) mass is 574 g/mol. The zero-order chi connectivity index (χ0) is 29.9. The van der Waals surface area contributed by atoms with Crippen molar-refractivity contribution < 1.29 is 27.6 Å². The molecule has 10 heteroatoms. The number of halogens is 3. The van der Waals surface area contributed by atoms with Crippen LogP contribution >= 0.6 is 0 Å². The number of urea groups is 1. The van der Waals surface area contributed by atoms with E-state index in [1.54, 1.807) is 0 Å². The molecule has 2 heterocycles. The van der Waals surface area contributed by atoms with Gasteiger partial charge in [0.1, 0.15) is 6.04 Å². The van der Waals surface area contributed by atoms with Crippen LogP contribution in [0, 0.1) is 0 Å². The summed E-state index contributed by atoms with van der Waals surface area (Å²) in [6, 6.07) is 20.3. The Kier molecular flexibility index (Phi) is 8.15. The number of nitrogens with one attached hydrogen (secondary N) is 2. The highest BCUT2D eigenvalue weighted by molar-refractivity contribution is 6.03. The maximum Gasteiger partial charge on any atom is 0.416 e. The van der Waals surface area contributed by atoms with Crippen molar-refractivity contribution in [1.82, 2.24) is 20.4 Å². The van der Waals surface area contributed by atoms with Crippen LogP contribution in [0.4, 0.5) is 18.0 Å². The van der Waals surface area contributed by atoms with Crippen molar-refractivity contribution >= 4 is 17.8 Å². The van der Waals surface area contributed by atoms with Gasteiger partial charge >= 0.3 is 12.2 Å². The minimum Gasteiger partial charge on any atom is -0.350 e. The number of hydrogen-bond donors (Lipinski definition) is 2. The van der Waals surface area contributed by atoms with Gasteiger partial charge in [0.25, 0.3) is 5.91 Å². The van der Waals surface area contributed by atoms with Gasteiger partial charge in [-0.15, -0.1) is 6.58 Å². The van der Waals surface area contributed by atoms with E-state index in [0.29, 0.717) is 0 Å². The molecule has 0 saturated heterocycles. The lowest BCUT2D eigenvalue weighted by molar-refractivity contribution is -0.138. The van der Waals surface area contributed by atoms with Crippen molar-refractivity contribution in [2.45, 2.75) is 31.2 Å². The van der Waals surface area contributed by atoms with Crippen LogP contribution in [0.3, 0.4) is 0 Å². The van der Waals surface area contributed by atoms with E-state index in [-0.39, 0.29) is 42.9 Å². The molecule has 2 atom stereocenters. The molecule has 2 N–H and O–H groups in total. The molecule has 42 heavy (non-hydrogen) atoms. The maximum atomic E-state index is 14.2. The summed E-state index contributed by atoms with van der Waals surface area (Å²) in [5.41, 5.74) is 0.720. The molecule has 3 aromatic carbocycles. The summed E-state index contributed by atoms with van der Waals surface area (Å²) in [4.78, 5) is 43.6. The Morgan fingerprint density at radius 3 is 2.24 bits per heavy atom. The molecule has 2 aliphatic heterocycles. The van der Waals surface area contributed by atoms with Crippen LogP contribution in [0.15, 0.2) is 109 Å². The predicted molar refractivity (Wildman–Crippen MR) is 151 cm³/mol.